The number of benzene rings is 1. The van der Waals surface area contributed by atoms with Gasteiger partial charge < -0.3 is 16.4 Å². The van der Waals surface area contributed by atoms with E-state index in [9.17, 15) is 14.0 Å². The van der Waals surface area contributed by atoms with Crippen LogP contribution in [0.25, 0.3) is 0 Å². The average molecular weight is 346 g/mol. The van der Waals surface area contributed by atoms with E-state index in [1.54, 1.807) is 0 Å². The Balaban J connectivity index is 0.00000484. The fourth-order valence-corrected chi connectivity index (χ4v) is 1.83. The Kier molecular flexibility index (Phi) is 9.44. The van der Waals surface area contributed by atoms with Crippen LogP contribution in [0.1, 0.15) is 31.1 Å². The standard InChI is InChI=1S/C16H24FN3O2.ClH/c1-10(2)14(16(22)19-9-11(3)8-18)20-15(21)12-4-6-13(17)7-5-12;/h4-7,10-11,14H,8-9,18H2,1-3H3,(H,19,22)(H,20,21);1H. The van der Waals surface area contributed by atoms with E-state index < -0.39 is 17.8 Å². The highest BCUT2D eigenvalue weighted by Crippen LogP contribution is 2.07. The Bertz CT molecular complexity index is 509. The number of carbonyl (C=O) groups is 2. The molecule has 2 atom stereocenters. The Hall–Kier alpha value is -1.66. The maximum atomic E-state index is 12.9. The van der Waals surface area contributed by atoms with Crippen molar-refractivity contribution in [1.29, 1.82) is 0 Å². The van der Waals surface area contributed by atoms with Crippen molar-refractivity contribution in [3.8, 4) is 0 Å². The van der Waals surface area contributed by atoms with E-state index in [1.807, 2.05) is 20.8 Å². The number of nitrogens with one attached hydrogen (secondary N) is 2. The molecular weight excluding hydrogens is 321 g/mol. The minimum Gasteiger partial charge on any atom is -0.354 e. The van der Waals surface area contributed by atoms with Crippen LogP contribution in [-0.2, 0) is 4.79 Å². The van der Waals surface area contributed by atoms with Crippen LogP contribution < -0.4 is 16.4 Å². The summed E-state index contributed by atoms with van der Waals surface area (Å²) in [5.41, 5.74) is 5.83. The topological polar surface area (TPSA) is 84.2 Å². The largest absolute Gasteiger partial charge is 0.354 e. The van der Waals surface area contributed by atoms with Crippen LogP contribution in [-0.4, -0.2) is 30.9 Å². The lowest BCUT2D eigenvalue weighted by Gasteiger charge is -2.22. The molecule has 2 unspecified atom stereocenters. The van der Waals surface area contributed by atoms with Gasteiger partial charge in [0.1, 0.15) is 11.9 Å². The van der Waals surface area contributed by atoms with Gasteiger partial charge >= 0.3 is 0 Å². The number of amides is 2. The highest BCUT2D eigenvalue weighted by Gasteiger charge is 2.24. The summed E-state index contributed by atoms with van der Waals surface area (Å²) in [6.07, 6.45) is 0. The number of hydrogen-bond donors (Lipinski definition) is 3. The molecule has 1 rings (SSSR count). The molecule has 7 heteroatoms. The lowest BCUT2D eigenvalue weighted by Crippen LogP contribution is -2.50. The monoisotopic (exact) mass is 345 g/mol. The number of hydrogen-bond acceptors (Lipinski definition) is 3. The van der Waals surface area contributed by atoms with E-state index in [1.165, 1.54) is 24.3 Å². The van der Waals surface area contributed by atoms with Crippen molar-refractivity contribution in [3.63, 3.8) is 0 Å². The Labute approximate surface area is 142 Å². The summed E-state index contributed by atoms with van der Waals surface area (Å²) in [4.78, 5) is 24.3. The van der Waals surface area contributed by atoms with Crippen molar-refractivity contribution in [2.45, 2.75) is 26.8 Å². The van der Waals surface area contributed by atoms with E-state index in [0.717, 1.165) is 0 Å². The molecule has 4 N–H and O–H groups in total. The molecule has 0 aliphatic rings. The van der Waals surface area contributed by atoms with Gasteiger partial charge in [0, 0.05) is 12.1 Å². The molecule has 0 bridgehead atoms. The van der Waals surface area contributed by atoms with E-state index >= 15 is 0 Å². The van der Waals surface area contributed by atoms with Gasteiger partial charge in [-0.15, -0.1) is 12.4 Å². The average Bonchev–Trinajstić information content (AvgIpc) is 2.49. The van der Waals surface area contributed by atoms with Crippen molar-refractivity contribution in [1.82, 2.24) is 10.6 Å². The maximum absolute atomic E-state index is 12.9. The molecule has 5 nitrogen and oxygen atoms in total. The number of halogens is 2. The third-order valence-corrected chi connectivity index (χ3v) is 3.37. The van der Waals surface area contributed by atoms with Crippen molar-refractivity contribution < 1.29 is 14.0 Å². The van der Waals surface area contributed by atoms with Crippen LogP contribution in [0, 0.1) is 17.7 Å². The fourth-order valence-electron chi connectivity index (χ4n) is 1.83. The Morgan fingerprint density at radius 2 is 1.74 bits per heavy atom. The van der Waals surface area contributed by atoms with Crippen molar-refractivity contribution in [3.05, 3.63) is 35.6 Å². The zero-order valence-corrected chi connectivity index (χ0v) is 14.5. The molecule has 0 aliphatic heterocycles. The fraction of sp³-hybridized carbons (Fsp3) is 0.500. The van der Waals surface area contributed by atoms with Gasteiger partial charge in [-0.3, -0.25) is 9.59 Å². The van der Waals surface area contributed by atoms with Crippen LogP contribution >= 0.6 is 12.4 Å². The van der Waals surface area contributed by atoms with Gasteiger partial charge in [-0.05, 0) is 42.6 Å². The van der Waals surface area contributed by atoms with Gasteiger partial charge in [-0.1, -0.05) is 20.8 Å². The van der Waals surface area contributed by atoms with Gasteiger partial charge in [0.25, 0.3) is 5.91 Å². The molecule has 1 aromatic rings. The second-order valence-corrected chi connectivity index (χ2v) is 5.79. The number of rotatable bonds is 7. The van der Waals surface area contributed by atoms with Crippen LogP contribution in [0.2, 0.25) is 0 Å². The predicted octanol–water partition coefficient (Wildman–Crippen LogP) is 1.71. The summed E-state index contributed by atoms with van der Waals surface area (Å²) in [5.74, 6) is -0.959. The van der Waals surface area contributed by atoms with Crippen LogP contribution in [0.4, 0.5) is 4.39 Å². The molecular formula is C16H25ClFN3O2. The summed E-state index contributed by atoms with van der Waals surface area (Å²) in [6, 6.07) is 4.54. The Morgan fingerprint density at radius 1 is 1.17 bits per heavy atom. The first-order valence-electron chi connectivity index (χ1n) is 7.39. The highest BCUT2D eigenvalue weighted by atomic mass is 35.5. The molecule has 130 valence electrons. The summed E-state index contributed by atoms with van der Waals surface area (Å²) in [7, 11) is 0. The number of carbonyl (C=O) groups excluding carboxylic acids is 2. The first kappa shape index (κ1) is 21.3. The van der Waals surface area contributed by atoms with Crippen LogP contribution in [0.15, 0.2) is 24.3 Å². The minimum absolute atomic E-state index is 0. The molecule has 0 saturated heterocycles. The summed E-state index contributed by atoms with van der Waals surface area (Å²) >= 11 is 0. The number of nitrogens with two attached hydrogens (primary N) is 1. The SMILES string of the molecule is CC(CN)CNC(=O)C(NC(=O)c1ccc(F)cc1)C(C)C.Cl. The first-order chi connectivity index (χ1) is 10.3. The molecule has 0 heterocycles. The lowest BCUT2D eigenvalue weighted by atomic mass is 10.0. The molecule has 0 fully saturated rings. The van der Waals surface area contributed by atoms with E-state index in [-0.39, 0.29) is 30.2 Å². The normalized spacial score (nSPS) is 13.0. The van der Waals surface area contributed by atoms with Crippen LogP contribution in [0.3, 0.4) is 0 Å². The van der Waals surface area contributed by atoms with Crippen LogP contribution in [0.5, 0.6) is 0 Å². The molecule has 2 amide bonds. The van der Waals surface area contributed by atoms with Gasteiger partial charge in [0.15, 0.2) is 0 Å². The third kappa shape index (κ3) is 6.97. The molecule has 0 radical (unpaired) electrons. The van der Waals surface area contributed by atoms with Gasteiger partial charge in [0.2, 0.25) is 5.91 Å². The quantitative estimate of drug-likeness (QED) is 0.703. The maximum Gasteiger partial charge on any atom is 0.251 e. The van der Waals surface area contributed by atoms with E-state index in [2.05, 4.69) is 10.6 Å². The molecule has 0 aromatic heterocycles. The molecule has 0 saturated carbocycles. The minimum atomic E-state index is -0.650. The van der Waals surface area contributed by atoms with Gasteiger partial charge in [0.05, 0.1) is 0 Å². The molecule has 23 heavy (non-hydrogen) atoms. The summed E-state index contributed by atoms with van der Waals surface area (Å²) < 4.78 is 12.9. The molecule has 0 spiro atoms. The van der Waals surface area contributed by atoms with E-state index in [0.29, 0.717) is 18.7 Å². The highest BCUT2D eigenvalue weighted by molar-refractivity contribution is 5.97. The molecule has 0 aliphatic carbocycles. The second-order valence-electron chi connectivity index (χ2n) is 5.79. The van der Waals surface area contributed by atoms with Crippen molar-refractivity contribution in [2.75, 3.05) is 13.1 Å². The summed E-state index contributed by atoms with van der Waals surface area (Å²) in [5, 5.41) is 5.48. The Morgan fingerprint density at radius 3 is 2.22 bits per heavy atom. The van der Waals surface area contributed by atoms with Crippen molar-refractivity contribution >= 4 is 24.2 Å². The predicted molar refractivity (Wildman–Crippen MR) is 91.0 cm³/mol. The third-order valence-electron chi connectivity index (χ3n) is 3.37. The zero-order chi connectivity index (χ0) is 16.7. The molecule has 1 aromatic carbocycles. The van der Waals surface area contributed by atoms with Crippen molar-refractivity contribution in [2.24, 2.45) is 17.6 Å². The summed E-state index contributed by atoms with van der Waals surface area (Å²) in [6.45, 7) is 6.57. The lowest BCUT2D eigenvalue weighted by molar-refractivity contribution is -0.124. The van der Waals surface area contributed by atoms with E-state index in [4.69, 9.17) is 5.73 Å². The zero-order valence-electron chi connectivity index (χ0n) is 13.6. The smallest absolute Gasteiger partial charge is 0.251 e. The van der Waals surface area contributed by atoms with Gasteiger partial charge in [-0.25, -0.2) is 4.39 Å². The second kappa shape index (κ2) is 10.2. The van der Waals surface area contributed by atoms with Gasteiger partial charge in [-0.2, -0.15) is 0 Å². The first-order valence-corrected chi connectivity index (χ1v) is 7.39.